The molecule has 2 saturated heterocycles. The summed E-state index contributed by atoms with van der Waals surface area (Å²) in [6.07, 6.45) is 9.37. The van der Waals surface area contributed by atoms with Crippen LogP contribution in [-0.2, 0) is 22.6 Å². The number of piperidine rings is 1. The van der Waals surface area contributed by atoms with Crippen molar-refractivity contribution in [3.05, 3.63) is 65.5 Å². The molecule has 4 amide bonds. The predicted molar refractivity (Wildman–Crippen MR) is 202 cm³/mol. The summed E-state index contributed by atoms with van der Waals surface area (Å²) in [7, 11) is 4.08. The van der Waals surface area contributed by atoms with E-state index in [1.807, 2.05) is 14.0 Å². The molecule has 15 heteroatoms. The summed E-state index contributed by atoms with van der Waals surface area (Å²) in [6.45, 7) is 8.35. The Labute approximate surface area is 316 Å². The van der Waals surface area contributed by atoms with Crippen molar-refractivity contribution in [1.82, 2.24) is 44.9 Å². The Morgan fingerprint density at radius 2 is 1.52 bits per heavy atom. The molecule has 2 aromatic heterocycles. The van der Waals surface area contributed by atoms with Crippen LogP contribution in [0, 0.1) is 11.7 Å². The van der Waals surface area contributed by atoms with Crippen molar-refractivity contribution >= 4 is 29.3 Å². The Morgan fingerprint density at radius 1 is 0.852 bits per heavy atom. The van der Waals surface area contributed by atoms with Crippen LogP contribution in [0.4, 0.5) is 10.1 Å². The number of hydrogen-bond acceptors (Lipinski definition) is 8. The third-order valence-corrected chi connectivity index (χ3v) is 11.6. The summed E-state index contributed by atoms with van der Waals surface area (Å²) in [6, 6.07) is 6.84. The largest absolute Gasteiger partial charge is 0.339 e. The highest BCUT2D eigenvalue weighted by molar-refractivity contribution is 6.03. The van der Waals surface area contributed by atoms with Gasteiger partial charge in [-0.3, -0.25) is 28.5 Å². The van der Waals surface area contributed by atoms with Gasteiger partial charge in [0.15, 0.2) is 0 Å². The molecule has 6 rings (SSSR count). The zero-order valence-corrected chi connectivity index (χ0v) is 32.0. The Bertz CT molecular complexity index is 1790. The minimum absolute atomic E-state index is 0.0355. The Kier molecular flexibility index (Phi) is 12.5. The van der Waals surface area contributed by atoms with Crippen molar-refractivity contribution < 1.29 is 23.6 Å². The number of halogens is 1. The van der Waals surface area contributed by atoms with E-state index >= 15 is 4.39 Å². The van der Waals surface area contributed by atoms with Gasteiger partial charge in [-0.25, -0.2) is 4.39 Å². The van der Waals surface area contributed by atoms with E-state index in [0.717, 1.165) is 58.0 Å². The van der Waals surface area contributed by atoms with Gasteiger partial charge in [-0.05, 0) is 102 Å². The molecule has 4 heterocycles. The van der Waals surface area contributed by atoms with E-state index in [1.54, 1.807) is 51.8 Å². The highest BCUT2D eigenvalue weighted by Crippen LogP contribution is 2.34. The Morgan fingerprint density at radius 3 is 2.20 bits per heavy atom. The predicted octanol–water partition coefficient (Wildman–Crippen LogP) is 3.33. The van der Waals surface area contributed by atoms with Gasteiger partial charge >= 0.3 is 0 Å². The van der Waals surface area contributed by atoms with Gasteiger partial charge in [0.2, 0.25) is 11.8 Å². The van der Waals surface area contributed by atoms with Crippen LogP contribution in [0.3, 0.4) is 0 Å². The maximum absolute atomic E-state index is 15.9. The first-order valence-electron chi connectivity index (χ1n) is 19.4. The Balaban J connectivity index is 1.20. The number of amides is 4. The lowest BCUT2D eigenvalue weighted by molar-refractivity contribution is -0.134. The number of anilines is 1. The van der Waals surface area contributed by atoms with Gasteiger partial charge in [-0.15, -0.1) is 0 Å². The monoisotopic (exact) mass is 746 g/mol. The second-order valence-electron chi connectivity index (χ2n) is 15.3. The molecule has 1 aliphatic carbocycles. The van der Waals surface area contributed by atoms with Crippen molar-refractivity contribution in [1.29, 1.82) is 0 Å². The molecular formula is C39H55FN10O4. The van der Waals surface area contributed by atoms with Crippen molar-refractivity contribution in [2.24, 2.45) is 5.92 Å². The second kappa shape index (κ2) is 17.2. The molecular weight excluding hydrogens is 691 g/mol. The number of carbonyl (C=O) groups excluding carboxylic acids is 4. The third kappa shape index (κ3) is 8.84. The first-order chi connectivity index (χ1) is 26.0. The summed E-state index contributed by atoms with van der Waals surface area (Å²) >= 11 is 0. The van der Waals surface area contributed by atoms with E-state index in [4.69, 9.17) is 0 Å². The highest BCUT2D eigenvalue weighted by atomic mass is 19.1. The molecule has 0 spiro atoms. The molecule has 3 aliphatic rings. The van der Waals surface area contributed by atoms with Crippen molar-refractivity contribution in [2.45, 2.75) is 89.4 Å². The number of nitrogens with one attached hydrogen (secondary N) is 3. The van der Waals surface area contributed by atoms with Gasteiger partial charge < -0.3 is 30.7 Å². The SMILES string of the molecule is CCn1nccc1C(=O)N[C@@](C)(C(=O)Nc1ccc(C[C@@H](NC(=O)c2ccnn2C2CCN(C)CC2)C(=O)N2CCN(C)CC2)cc1F)C1CCCCC1. The van der Waals surface area contributed by atoms with Gasteiger partial charge in [0.05, 0.1) is 11.7 Å². The van der Waals surface area contributed by atoms with Gasteiger partial charge in [-0.1, -0.05) is 25.3 Å². The lowest BCUT2D eigenvalue weighted by Gasteiger charge is -2.39. The lowest BCUT2D eigenvalue weighted by Crippen LogP contribution is -2.60. The number of rotatable bonds is 12. The molecule has 2 aliphatic heterocycles. The molecule has 14 nitrogen and oxygen atoms in total. The second-order valence-corrected chi connectivity index (χ2v) is 15.3. The maximum atomic E-state index is 15.9. The average Bonchev–Trinajstić information content (AvgIpc) is 3.87. The van der Waals surface area contributed by atoms with Crippen molar-refractivity contribution in [2.75, 3.05) is 58.7 Å². The number of benzene rings is 1. The fourth-order valence-electron chi connectivity index (χ4n) is 8.08. The molecule has 0 bridgehead atoms. The smallest absolute Gasteiger partial charge is 0.270 e. The molecule has 3 aromatic rings. The molecule has 1 saturated carbocycles. The van der Waals surface area contributed by atoms with Crippen LogP contribution in [0.25, 0.3) is 0 Å². The summed E-state index contributed by atoms with van der Waals surface area (Å²) in [5.41, 5.74) is -0.125. The molecule has 1 aromatic carbocycles. The van der Waals surface area contributed by atoms with E-state index in [2.05, 4.69) is 43.0 Å². The van der Waals surface area contributed by atoms with Crippen LogP contribution in [0.15, 0.2) is 42.7 Å². The number of hydrogen-bond donors (Lipinski definition) is 3. The summed E-state index contributed by atoms with van der Waals surface area (Å²) in [5, 5.41) is 17.4. The van der Waals surface area contributed by atoms with E-state index in [1.165, 1.54) is 12.1 Å². The maximum Gasteiger partial charge on any atom is 0.270 e. The van der Waals surface area contributed by atoms with Crippen LogP contribution < -0.4 is 16.0 Å². The third-order valence-electron chi connectivity index (χ3n) is 11.6. The number of aryl methyl sites for hydroxylation is 1. The fraction of sp³-hybridized carbons (Fsp3) is 0.590. The molecule has 0 radical (unpaired) electrons. The van der Waals surface area contributed by atoms with Gasteiger partial charge in [0.1, 0.15) is 28.8 Å². The molecule has 292 valence electrons. The number of likely N-dealkylation sites (tertiary alicyclic amines) is 1. The zero-order valence-electron chi connectivity index (χ0n) is 32.0. The number of piperazine rings is 1. The van der Waals surface area contributed by atoms with Gasteiger partial charge in [-0.2, -0.15) is 10.2 Å². The van der Waals surface area contributed by atoms with E-state index < -0.39 is 35.1 Å². The lowest BCUT2D eigenvalue weighted by atomic mass is 9.75. The highest BCUT2D eigenvalue weighted by Gasteiger charge is 2.44. The number of likely N-dealkylation sites (N-methyl/N-ethyl adjacent to an activating group) is 1. The quantitative estimate of drug-likeness (QED) is 0.256. The number of aromatic nitrogens is 4. The molecule has 54 heavy (non-hydrogen) atoms. The topological polar surface area (TPSA) is 150 Å². The minimum Gasteiger partial charge on any atom is -0.339 e. The van der Waals surface area contributed by atoms with Crippen LogP contribution in [0.5, 0.6) is 0 Å². The van der Waals surface area contributed by atoms with E-state index in [0.29, 0.717) is 49.7 Å². The van der Waals surface area contributed by atoms with Crippen LogP contribution in [-0.4, -0.2) is 123 Å². The summed E-state index contributed by atoms with van der Waals surface area (Å²) in [4.78, 5) is 61.5. The summed E-state index contributed by atoms with van der Waals surface area (Å²) in [5.74, 6) is -2.39. The summed E-state index contributed by atoms with van der Waals surface area (Å²) < 4.78 is 19.3. The molecule has 3 fully saturated rings. The zero-order chi connectivity index (χ0) is 38.4. The Hall–Kier alpha value is -4.63. The normalized spacial score (nSPS) is 19.5. The van der Waals surface area contributed by atoms with E-state index in [-0.39, 0.29) is 30.0 Å². The molecule has 0 unspecified atom stereocenters. The fourth-order valence-corrected chi connectivity index (χ4v) is 8.08. The molecule has 3 N–H and O–H groups in total. The minimum atomic E-state index is -1.31. The molecule has 2 atom stereocenters. The van der Waals surface area contributed by atoms with Crippen LogP contribution in [0.2, 0.25) is 0 Å². The average molecular weight is 747 g/mol. The standard InChI is InChI=1S/C39H55FN10O4/c1-5-49-33(13-17-41-49)36(52)45-39(2,28-9-7-6-8-10-28)38(54)44-31-12-11-27(25-30(31)40)26-32(37(53)48-23-21-47(4)22-24-48)43-35(51)34-14-18-42-50(34)29-15-19-46(3)20-16-29/h11-14,17-18,25,28-29,32H,5-10,15-16,19-24,26H2,1-4H3,(H,43,51)(H,44,54)(H,45,52)/t32-,39-/m1/s1. The van der Waals surface area contributed by atoms with Crippen LogP contribution >= 0.6 is 0 Å². The van der Waals surface area contributed by atoms with Gasteiger partial charge in [0, 0.05) is 51.5 Å². The number of nitrogens with zero attached hydrogens (tertiary/aromatic N) is 7. The first kappa shape index (κ1) is 39.1. The van der Waals surface area contributed by atoms with Crippen molar-refractivity contribution in [3.63, 3.8) is 0 Å². The van der Waals surface area contributed by atoms with E-state index in [9.17, 15) is 19.2 Å². The van der Waals surface area contributed by atoms with Gasteiger partial charge in [0.25, 0.3) is 11.8 Å². The first-order valence-corrected chi connectivity index (χ1v) is 19.4. The number of carbonyl (C=O) groups is 4. The van der Waals surface area contributed by atoms with Crippen molar-refractivity contribution in [3.8, 4) is 0 Å². The van der Waals surface area contributed by atoms with Crippen LogP contribution in [0.1, 0.15) is 91.4 Å².